The van der Waals surface area contributed by atoms with Crippen LogP contribution in [0.15, 0.2) is 18.2 Å². The van der Waals surface area contributed by atoms with Gasteiger partial charge in [-0.25, -0.2) is 4.39 Å². The number of nitrogens with two attached hydrogens (primary N) is 1. The van der Waals surface area contributed by atoms with Crippen molar-refractivity contribution in [2.75, 3.05) is 20.8 Å². The van der Waals surface area contributed by atoms with Crippen LogP contribution in [0.2, 0.25) is 0 Å². The third kappa shape index (κ3) is 2.93. The van der Waals surface area contributed by atoms with Crippen LogP contribution in [0.1, 0.15) is 18.9 Å². The first-order chi connectivity index (χ1) is 7.51. The second kappa shape index (κ2) is 5.27. The lowest BCUT2D eigenvalue weighted by atomic mass is 9.90. The SMILES string of the molecule is COCCC(C)(N)c1ccc(OC)c(F)c1. The molecule has 0 saturated carbocycles. The molecule has 90 valence electrons. The molecule has 3 nitrogen and oxygen atoms in total. The van der Waals surface area contributed by atoms with Crippen LogP contribution in [0.3, 0.4) is 0 Å². The first-order valence-electron chi connectivity index (χ1n) is 5.13. The minimum Gasteiger partial charge on any atom is -0.494 e. The summed E-state index contributed by atoms with van der Waals surface area (Å²) in [5.41, 5.74) is 6.24. The molecule has 2 N–H and O–H groups in total. The van der Waals surface area contributed by atoms with E-state index in [2.05, 4.69) is 0 Å². The van der Waals surface area contributed by atoms with Gasteiger partial charge in [-0.15, -0.1) is 0 Å². The Labute approximate surface area is 95.4 Å². The molecule has 4 heteroatoms. The fraction of sp³-hybridized carbons (Fsp3) is 0.500. The quantitative estimate of drug-likeness (QED) is 0.837. The highest BCUT2D eigenvalue weighted by atomic mass is 19.1. The number of halogens is 1. The van der Waals surface area contributed by atoms with Crippen molar-refractivity contribution in [3.63, 3.8) is 0 Å². The first kappa shape index (κ1) is 12.9. The van der Waals surface area contributed by atoms with E-state index < -0.39 is 11.4 Å². The molecular weight excluding hydrogens is 209 g/mol. The fourth-order valence-electron chi connectivity index (χ4n) is 1.48. The molecule has 0 saturated heterocycles. The maximum Gasteiger partial charge on any atom is 0.165 e. The highest BCUT2D eigenvalue weighted by Gasteiger charge is 2.22. The Bertz CT molecular complexity index is 353. The number of rotatable bonds is 5. The fourth-order valence-corrected chi connectivity index (χ4v) is 1.48. The van der Waals surface area contributed by atoms with Crippen molar-refractivity contribution in [2.24, 2.45) is 5.73 Å². The van der Waals surface area contributed by atoms with Crippen molar-refractivity contribution >= 4 is 0 Å². The molecule has 0 aliphatic carbocycles. The van der Waals surface area contributed by atoms with Crippen LogP contribution >= 0.6 is 0 Å². The Morgan fingerprint density at radius 1 is 1.38 bits per heavy atom. The third-order valence-corrected chi connectivity index (χ3v) is 2.64. The summed E-state index contributed by atoms with van der Waals surface area (Å²) in [5, 5.41) is 0. The van der Waals surface area contributed by atoms with Gasteiger partial charge in [0, 0.05) is 19.3 Å². The average Bonchev–Trinajstić information content (AvgIpc) is 2.26. The summed E-state index contributed by atoms with van der Waals surface area (Å²) < 4.78 is 23.3. The van der Waals surface area contributed by atoms with Gasteiger partial charge < -0.3 is 15.2 Å². The maximum atomic E-state index is 13.5. The zero-order valence-corrected chi connectivity index (χ0v) is 9.92. The summed E-state index contributed by atoms with van der Waals surface area (Å²) in [7, 11) is 3.05. The number of ether oxygens (including phenoxy) is 2. The topological polar surface area (TPSA) is 44.5 Å². The summed E-state index contributed by atoms with van der Waals surface area (Å²) in [5.74, 6) is -0.166. The maximum absolute atomic E-state index is 13.5. The predicted molar refractivity (Wildman–Crippen MR) is 61.0 cm³/mol. The Morgan fingerprint density at radius 2 is 2.06 bits per heavy atom. The van der Waals surface area contributed by atoms with Crippen molar-refractivity contribution < 1.29 is 13.9 Å². The van der Waals surface area contributed by atoms with Crippen LogP contribution in [0, 0.1) is 5.82 Å². The normalized spacial score (nSPS) is 14.6. The minimum absolute atomic E-state index is 0.228. The number of hydrogen-bond donors (Lipinski definition) is 1. The van der Waals surface area contributed by atoms with Crippen molar-refractivity contribution in [3.05, 3.63) is 29.6 Å². The molecular formula is C12H18FNO2. The van der Waals surface area contributed by atoms with E-state index in [1.54, 1.807) is 19.2 Å². The lowest BCUT2D eigenvalue weighted by Gasteiger charge is -2.25. The summed E-state index contributed by atoms with van der Waals surface area (Å²) >= 11 is 0. The Hall–Kier alpha value is -1.13. The molecule has 0 aliphatic heterocycles. The molecule has 1 rings (SSSR count). The summed E-state index contributed by atoms with van der Waals surface area (Å²) in [6.45, 7) is 2.40. The van der Waals surface area contributed by atoms with Crippen LogP contribution in [-0.4, -0.2) is 20.8 Å². The summed E-state index contributed by atoms with van der Waals surface area (Å²) in [6, 6.07) is 4.77. The molecule has 1 aromatic rings. The Balaban J connectivity index is 2.91. The summed E-state index contributed by atoms with van der Waals surface area (Å²) in [4.78, 5) is 0. The second-order valence-corrected chi connectivity index (χ2v) is 4.01. The van der Waals surface area contributed by atoms with Crippen molar-refractivity contribution in [1.82, 2.24) is 0 Å². The van der Waals surface area contributed by atoms with Crippen LogP contribution in [0.25, 0.3) is 0 Å². The van der Waals surface area contributed by atoms with Crippen molar-refractivity contribution in [2.45, 2.75) is 18.9 Å². The molecule has 1 aromatic carbocycles. The van der Waals surface area contributed by atoms with Gasteiger partial charge in [0.2, 0.25) is 0 Å². The van der Waals surface area contributed by atoms with E-state index in [1.807, 2.05) is 6.92 Å². The molecule has 0 aromatic heterocycles. The van der Waals surface area contributed by atoms with Crippen LogP contribution < -0.4 is 10.5 Å². The number of hydrogen-bond acceptors (Lipinski definition) is 3. The molecule has 16 heavy (non-hydrogen) atoms. The van der Waals surface area contributed by atoms with Gasteiger partial charge in [-0.3, -0.25) is 0 Å². The van der Waals surface area contributed by atoms with E-state index in [9.17, 15) is 4.39 Å². The second-order valence-electron chi connectivity index (χ2n) is 4.01. The van der Waals surface area contributed by atoms with Crippen molar-refractivity contribution in [1.29, 1.82) is 0 Å². The molecule has 1 unspecified atom stereocenters. The molecule has 0 amide bonds. The van der Waals surface area contributed by atoms with Gasteiger partial charge in [-0.05, 0) is 31.0 Å². The average molecular weight is 227 g/mol. The largest absolute Gasteiger partial charge is 0.494 e. The zero-order chi connectivity index (χ0) is 12.2. The monoisotopic (exact) mass is 227 g/mol. The van der Waals surface area contributed by atoms with Crippen molar-refractivity contribution in [3.8, 4) is 5.75 Å². The third-order valence-electron chi connectivity index (χ3n) is 2.64. The summed E-state index contributed by atoms with van der Waals surface area (Å²) in [6.07, 6.45) is 0.634. The molecule has 0 fully saturated rings. The van der Waals surface area contributed by atoms with Gasteiger partial charge in [-0.1, -0.05) is 6.07 Å². The number of benzene rings is 1. The smallest absolute Gasteiger partial charge is 0.165 e. The van der Waals surface area contributed by atoms with Gasteiger partial charge >= 0.3 is 0 Å². The van der Waals surface area contributed by atoms with Crippen LogP contribution in [0.4, 0.5) is 4.39 Å². The van der Waals surface area contributed by atoms with E-state index in [4.69, 9.17) is 15.2 Å². The molecule has 0 spiro atoms. The lowest BCUT2D eigenvalue weighted by Crippen LogP contribution is -2.34. The van der Waals surface area contributed by atoms with Gasteiger partial charge in [0.1, 0.15) is 0 Å². The number of methoxy groups -OCH3 is 2. The predicted octanol–water partition coefficient (Wildman–Crippen LogP) is 2.04. The van der Waals surface area contributed by atoms with Gasteiger partial charge in [0.15, 0.2) is 11.6 Å². The molecule has 0 radical (unpaired) electrons. The highest BCUT2D eigenvalue weighted by Crippen LogP contribution is 2.26. The highest BCUT2D eigenvalue weighted by molar-refractivity contribution is 5.32. The standard InChI is InChI=1S/C12H18FNO2/c1-12(14,6-7-15-2)9-4-5-11(16-3)10(13)8-9/h4-5,8H,6-7,14H2,1-3H3. The van der Waals surface area contributed by atoms with E-state index in [1.165, 1.54) is 13.2 Å². The van der Waals surface area contributed by atoms with E-state index >= 15 is 0 Å². The zero-order valence-electron chi connectivity index (χ0n) is 9.92. The van der Waals surface area contributed by atoms with Gasteiger partial charge in [0.05, 0.1) is 7.11 Å². The first-order valence-corrected chi connectivity index (χ1v) is 5.13. The van der Waals surface area contributed by atoms with Crippen LogP contribution in [0.5, 0.6) is 5.75 Å². The van der Waals surface area contributed by atoms with E-state index in [0.717, 1.165) is 5.56 Å². The van der Waals surface area contributed by atoms with Gasteiger partial charge in [-0.2, -0.15) is 0 Å². The van der Waals surface area contributed by atoms with Crippen LogP contribution in [-0.2, 0) is 10.3 Å². The minimum atomic E-state index is -0.594. The Morgan fingerprint density at radius 3 is 2.56 bits per heavy atom. The van der Waals surface area contributed by atoms with Gasteiger partial charge in [0.25, 0.3) is 0 Å². The molecule has 0 aliphatic rings. The van der Waals surface area contributed by atoms with E-state index in [-0.39, 0.29) is 5.75 Å². The van der Waals surface area contributed by atoms with E-state index in [0.29, 0.717) is 13.0 Å². The molecule has 0 heterocycles. The molecule has 1 atom stereocenters. The molecule has 0 bridgehead atoms. The Kier molecular flexibility index (Phi) is 4.26. The lowest BCUT2D eigenvalue weighted by molar-refractivity contribution is 0.172.